The maximum absolute atomic E-state index is 10.4. The molecule has 0 unspecified atom stereocenters. The van der Waals surface area contributed by atoms with Crippen molar-refractivity contribution >= 4 is 5.97 Å². The van der Waals surface area contributed by atoms with Crippen LogP contribution in [0.2, 0.25) is 0 Å². The van der Waals surface area contributed by atoms with E-state index in [4.69, 9.17) is 5.11 Å². The second-order valence-corrected chi connectivity index (χ2v) is 4.00. The molecule has 0 aromatic heterocycles. The van der Waals surface area contributed by atoms with Crippen molar-refractivity contribution < 1.29 is 9.90 Å². The van der Waals surface area contributed by atoms with Crippen LogP contribution in [-0.4, -0.2) is 23.7 Å². The Morgan fingerprint density at radius 2 is 2.00 bits per heavy atom. The van der Waals surface area contributed by atoms with E-state index >= 15 is 0 Å². The molecule has 0 aromatic rings. The van der Waals surface area contributed by atoms with Crippen molar-refractivity contribution in [2.45, 2.75) is 33.7 Å². The molecule has 0 spiro atoms. The highest BCUT2D eigenvalue weighted by Crippen LogP contribution is 2.10. The first kappa shape index (κ1) is 10.4. The largest absolute Gasteiger partial charge is 0.480 e. The summed E-state index contributed by atoms with van der Waals surface area (Å²) >= 11 is 0. The molecule has 2 N–H and O–H groups in total. The minimum absolute atomic E-state index is 0.143. The van der Waals surface area contributed by atoms with Crippen molar-refractivity contribution in [2.75, 3.05) is 6.54 Å². The van der Waals surface area contributed by atoms with Gasteiger partial charge in [-0.3, -0.25) is 4.79 Å². The van der Waals surface area contributed by atoms with Crippen molar-refractivity contribution in [3.05, 3.63) is 0 Å². The van der Waals surface area contributed by atoms with E-state index < -0.39 is 12.0 Å². The minimum atomic E-state index is -0.797. The number of rotatable bonds is 3. The highest BCUT2D eigenvalue weighted by molar-refractivity contribution is 5.72. The van der Waals surface area contributed by atoms with Gasteiger partial charge in [0.15, 0.2) is 0 Å². The lowest BCUT2D eigenvalue weighted by Gasteiger charge is -2.20. The van der Waals surface area contributed by atoms with Gasteiger partial charge in [0.1, 0.15) is 6.04 Å². The van der Waals surface area contributed by atoms with Gasteiger partial charge in [-0.05, 0) is 12.3 Å². The Morgan fingerprint density at radius 3 is 2.27 bits per heavy atom. The second kappa shape index (κ2) is 3.72. The number of hydrogen-bond donors (Lipinski definition) is 2. The Kier molecular flexibility index (Phi) is 3.52. The van der Waals surface area contributed by atoms with Crippen LogP contribution in [0, 0.1) is 5.41 Å². The van der Waals surface area contributed by atoms with Gasteiger partial charge in [0, 0.05) is 6.54 Å². The minimum Gasteiger partial charge on any atom is -0.480 e. The fourth-order valence-corrected chi connectivity index (χ4v) is 0.547. The number of aliphatic carboxylic acids is 1. The van der Waals surface area contributed by atoms with Gasteiger partial charge in [-0.15, -0.1) is 0 Å². The molecule has 0 amide bonds. The molecule has 0 aliphatic heterocycles. The molecule has 0 aliphatic rings. The van der Waals surface area contributed by atoms with Gasteiger partial charge in [-0.25, -0.2) is 0 Å². The quantitative estimate of drug-likeness (QED) is 0.648. The molecule has 3 nitrogen and oxygen atoms in total. The number of carboxylic acid groups (broad SMARTS) is 1. The molecule has 3 heteroatoms. The van der Waals surface area contributed by atoms with Crippen molar-refractivity contribution in [3.63, 3.8) is 0 Å². The topological polar surface area (TPSA) is 49.3 Å². The first-order chi connectivity index (χ1) is 4.83. The lowest BCUT2D eigenvalue weighted by Crippen LogP contribution is -2.38. The number of hydrogen-bond acceptors (Lipinski definition) is 2. The highest BCUT2D eigenvalue weighted by atomic mass is 16.4. The summed E-state index contributed by atoms with van der Waals surface area (Å²) in [5.41, 5.74) is 0.143. The average Bonchev–Trinajstić information content (AvgIpc) is 1.80. The van der Waals surface area contributed by atoms with E-state index in [1.54, 1.807) is 6.92 Å². The standard InChI is InChI=1S/C8H17NO2/c1-6(7(10)11)9-5-8(2,3)4/h6,9H,5H2,1-4H3,(H,10,11)/t6-/m0/s1. The molecule has 0 aromatic carbocycles. The second-order valence-electron chi connectivity index (χ2n) is 4.00. The maximum Gasteiger partial charge on any atom is 0.320 e. The van der Waals surface area contributed by atoms with Crippen LogP contribution in [0.5, 0.6) is 0 Å². The third-order valence-corrected chi connectivity index (χ3v) is 1.31. The smallest absolute Gasteiger partial charge is 0.320 e. The van der Waals surface area contributed by atoms with Gasteiger partial charge >= 0.3 is 5.97 Å². The zero-order valence-electron chi connectivity index (χ0n) is 7.64. The monoisotopic (exact) mass is 159 g/mol. The summed E-state index contributed by atoms with van der Waals surface area (Å²) in [6, 6.07) is -0.450. The summed E-state index contributed by atoms with van der Waals surface area (Å²) in [6.45, 7) is 8.56. The Labute approximate surface area is 67.8 Å². The van der Waals surface area contributed by atoms with Crippen LogP contribution >= 0.6 is 0 Å². The van der Waals surface area contributed by atoms with Gasteiger partial charge < -0.3 is 10.4 Å². The van der Waals surface area contributed by atoms with Crippen molar-refractivity contribution in [2.24, 2.45) is 5.41 Å². The predicted octanol–water partition coefficient (Wildman–Crippen LogP) is 1.10. The Morgan fingerprint density at radius 1 is 1.55 bits per heavy atom. The molecule has 0 heterocycles. The van der Waals surface area contributed by atoms with Crippen LogP contribution in [0.3, 0.4) is 0 Å². The van der Waals surface area contributed by atoms with Crippen molar-refractivity contribution in [1.82, 2.24) is 5.32 Å². The first-order valence-electron chi connectivity index (χ1n) is 3.79. The van der Waals surface area contributed by atoms with Crippen LogP contribution in [-0.2, 0) is 4.79 Å². The molecule has 0 saturated carbocycles. The van der Waals surface area contributed by atoms with E-state index in [1.807, 2.05) is 0 Å². The number of nitrogens with one attached hydrogen (secondary N) is 1. The molecule has 11 heavy (non-hydrogen) atoms. The average molecular weight is 159 g/mol. The molecule has 0 saturated heterocycles. The fourth-order valence-electron chi connectivity index (χ4n) is 0.547. The van der Waals surface area contributed by atoms with Gasteiger partial charge in [0.25, 0.3) is 0 Å². The van der Waals surface area contributed by atoms with Crippen LogP contribution in [0.25, 0.3) is 0 Å². The lowest BCUT2D eigenvalue weighted by molar-refractivity contribution is -0.139. The predicted molar refractivity (Wildman–Crippen MR) is 44.6 cm³/mol. The third-order valence-electron chi connectivity index (χ3n) is 1.31. The summed E-state index contributed by atoms with van der Waals surface area (Å²) in [6.07, 6.45) is 0. The first-order valence-corrected chi connectivity index (χ1v) is 3.79. The molecular formula is C8H17NO2. The van der Waals surface area contributed by atoms with E-state index in [0.717, 1.165) is 6.54 Å². The molecule has 0 aliphatic carbocycles. The van der Waals surface area contributed by atoms with E-state index in [1.165, 1.54) is 0 Å². The van der Waals surface area contributed by atoms with Gasteiger partial charge in [-0.2, -0.15) is 0 Å². The molecule has 66 valence electrons. The van der Waals surface area contributed by atoms with Crippen molar-refractivity contribution in [1.29, 1.82) is 0 Å². The summed E-state index contributed by atoms with van der Waals surface area (Å²) in [5, 5.41) is 11.4. The van der Waals surface area contributed by atoms with Crippen LogP contribution in [0.4, 0.5) is 0 Å². The summed E-state index contributed by atoms with van der Waals surface area (Å²) < 4.78 is 0. The van der Waals surface area contributed by atoms with Gasteiger partial charge in [-0.1, -0.05) is 20.8 Å². The Hall–Kier alpha value is -0.570. The van der Waals surface area contributed by atoms with E-state index in [2.05, 4.69) is 26.1 Å². The van der Waals surface area contributed by atoms with E-state index in [-0.39, 0.29) is 5.41 Å². The van der Waals surface area contributed by atoms with Gasteiger partial charge in [0.05, 0.1) is 0 Å². The zero-order chi connectivity index (χ0) is 9.07. The zero-order valence-corrected chi connectivity index (χ0v) is 7.64. The molecule has 0 rings (SSSR count). The summed E-state index contributed by atoms with van der Waals surface area (Å²) in [5.74, 6) is -0.797. The third kappa shape index (κ3) is 5.85. The number of carbonyl (C=O) groups is 1. The molecular weight excluding hydrogens is 142 g/mol. The summed E-state index contributed by atoms with van der Waals surface area (Å²) in [7, 11) is 0. The Bertz CT molecular complexity index is 138. The summed E-state index contributed by atoms with van der Waals surface area (Å²) in [4.78, 5) is 10.4. The van der Waals surface area contributed by atoms with Crippen LogP contribution in [0.15, 0.2) is 0 Å². The SMILES string of the molecule is C[C@H](NCC(C)(C)C)C(=O)O. The number of carboxylic acids is 1. The normalized spacial score (nSPS) is 14.5. The van der Waals surface area contributed by atoms with E-state index in [9.17, 15) is 4.79 Å². The Balaban J connectivity index is 3.63. The molecule has 1 atom stereocenters. The molecule has 0 bridgehead atoms. The lowest BCUT2D eigenvalue weighted by atomic mass is 9.97. The molecule has 0 fully saturated rings. The van der Waals surface area contributed by atoms with Crippen LogP contribution in [0.1, 0.15) is 27.7 Å². The van der Waals surface area contributed by atoms with Crippen molar-refractivity contribution in [3.8, 4) is 0 Å². The fraction of sp³-hybridized carbons (Fsp3) is 0.875. The van der Waals surface area contributed by atoms with Gasteiger partial charge in [0.2, 0.25) is 0 Å². The molecule has 0 radical (unpaired) electrons. The maximum atomic E-state index is 10.4. The van der Waals surface area contributed by atoms with E-state index in [0.29, 0.717) is 0 Å². The van der Waals surface area contributed by atoms with Crippen LogP contribution < -0.4 is 5.32 Å². The highest BCUT2D eigenvalue weighted by Gasteiger charge is 2.14.